The maximum absolute atomic E-state index is 11.0. The molecule has 19 heavy (non-hydrogen) atoms. The summed E-state index contributed by atoms with van der Waals surface area (Å²) in [6, 6.07) is 0. The predicted molar refractivity (Wildman–Crippen MR) is 82.2 cm³/mol. The molecule has 0 aromatic rings. The van der Waals surface area contributed by atoms with E-state index in [2.05, 4.69) is 40.4 Å². The number of hydrogen-bond acceptors (Lipinski definition) is 4. The Balaban J connectivity index is 4.48. The molecule has 1 atom stereocenters. The molecule has 1 unspecified atom stereocenters. The van der Waals surface area contributed by atoms with Crippen LogP contribution in [0.5, 0.6) is 0 Å². The van der Waals surface area contributed by atoms with Crippen LogP contribution in [0.1, 0.15) is 27.2 Å². The van der Waals surface area contributed by atoms with Gasteiger partial charge < -0.3 is 4.43 Å². The average Bonchev–Trinajstić information content (AvgIpc) is 2.19. The highest BCUT2D eigenvalue weighted by Gasteiger charge is 2.37. The van der Waals surface area contributed by atoms with Crippen molar-refractivity contribution in [1.82, 2.24) is 0 Å². The van der Waals surface area contributed by atoms with Gasteiger partial charge >= 0.3 is 0 Å². The monoisotopic (exact) mass is 308 g/mol. The normalized spacial score (nSPS) is 15.3. The van der Waals surface area contributed by atoms with Gasteiger partial charge in [-0.05, 0) is 24.6 Å². The van der Waals surface area contributed by atoms with E-state index in [4.69, 9.17) is 8.61 Å². The van der Waals surface area contributed by atoms with E-state index in [0.29, 0.717) is 13.0 Å². The van der Waals surface area contributed by atoms with E-state index >= 15 is 0 Å². The van der Waals surface area contributed by atoms with Crippen molar-refractivity contribution in [2.75, 3.05) is 19.5 Å². The molecule has 0 N–H and O–H groups in total. The summed E-state index contributed by atoms with van der Waals surface area (Å²) in [4.78, 5) is 0. The lowest BCUT2D eigenvalue weighted by atomic mass is 10.1. The number of rotatable bonds is 8. The topological polar surface area (TPSA) is 52.6 Å². The number of hydrogen-bond donors (Lipinski definition) is 0. The fraction of sp³-hybridized carbons (Fsp3) is 0.846. The van der Waals surface area contributed by atoms with Gasteiger partial charge in [-0.1, -0.05) is 26.8 Å². The molecule has 0 heterocycles. The largest absolute Gasteiger partial charge is 0.416 e. The smallest absolute Gasteiger partial charge is 0.264 e. The fourth-order valence-electron chi connectivity index (χ4n) is 1.18. The fourth-order valence-corrected chi connectivity index (χ4v) is 2.71. The molecule has 0 fully saturated rings. The van der Waals surface area contributed by atoms with Gasteiger partial charge in [0.25, 0.3) is 10.1 Å². The molecule has 0 aliphatic rings. The van der Waals surface area contributed by atoms with E-state index in [1.54, 1.807) is 6.08 Å². The van der Waals surface area contributed by atoms with Crippen LogP contribution in [0.15, 0.2) is 12.7 Å². The molecule has 0 radical (unpaired) electrons. The Bertz CT molecular complexity index is 382. The first-order chi connectivity index (χ1) is 8.39. The van der Waals surface area contributed by atoms with Gasteiger partial charge in [-0.25, -0.2) is 0 Å². The zero-order valence-electron chi connectivity index (χ0n) is 13.0. The third-order valence-corrected chi connectivity index (χ3v) is 8.57. The summed E-state index contributed by atoms with van der Waals surface area (Å²) in [7, 11) is -5.21. The van der Waals surface area contributed by atoms with Crippen molar-refractivity contribution >= 4 is 18.4 Å². The SMILES string of the molecule is C=CCC(CO[Si](C)(C)C(C)(C)C)COS(C)(=O)=O. The Morgan fingerprint density at radius 1 is 1.26 bits per heavy atom. The van der Waals surface area contributed by atoms with E-state index in [9.17, 15) is 8.42 Å². The van der Waals surface area contributed by atoms with E-state index in [-0.39, 0.29) is 17.6 Å². The van der Waals surface area contributed by atoms with Crippen LogP contribution in [0.2, 0.25) is 18.1 Å². The summed E-state index contributed by atoms with van der Waals surface area (Å²) < 4.78 is 33.0. The van der Waals surface area contributed by atoms with Crippen molar-refractivity contribution in [2.45, 2.75) is 45.3 Å². The Kier molecular flexibility index (Phi) is 6.95. The van der Waals surface area contributed by atoms with E-state index < -0.39 is 18.4 Å². The van der Waals surface area contributed by atoms with Crippen LogP contribution in [0, 0.1) is 5.92 Å². The van der Waals surface area contributed by atoms with Crippen LogP contribution in [-0.4, -0.2) is 36.2 Å². The molecule has 0 aliphatic heterocycles. The van der Waals surface area contributed by atoms with Gasteiger partial charge in [-0.3, -0.25) is 4.18 Å². The average molecular weight is 309 g/mol. The molecule has 114 valence electrons. The summed E-state index contributed by atoms with van der Waals surface area (Å²) in [5.74, 6) is 0.0290. The van der Waals surface area contributed by atoms with Gasteiger partial charge in [0.15, 0.2) is 8.32 Å². The second-order valence-corrected chi connectivity index (χ2v) is 12.9. The summed E-state index contributed by atoms with van der Waals surface area (Å²) >= 11 is 0. The minimum Gasteiger partial charge on any atom is -0.416 e. The maximum atomic E-state index is 11.0. The van der Waals surface area contributed by atoms with E-state index in [1.807, 2.05) is 0 Å². The first kappa shape index (κ1) is 18.8. The zero-order valence-corrected chi connectivity index (χ0v) is 14.8. The van der Waals surface area contributed by atoms with Gasteiger partial charge in [0.2, 0.25) is 0 Å². The van der Waals surface area contributed by atoms with Crippen molar-refractivity contribution in [3.63, 3.8) is 0 Å². The molecule has 4 nitrogen and oxygen atoms in total. The highest BCUT2D eigenvalue weighted by molar-refractivity contribution is 7.85. The highest BCUT2D eigenvalue weighted by Crippen LogP contribution is 2.36. The van der Waals surface area contributed by atoms with Gasteiger partial charge in [0.1, 0.15) is 0 Å². The summed E-state index contributed by atoms with van der Waals surface area (Å²) in [6.45, 7) is 15.2. The van der Waals surface area contributed by atoms with Crippen molar-refractivity contribution in [1.29, 1.82) is 0 Å². The van der Waals surface area contributed by atoms with Crippen LogP contribution in [0.25, 0.3) is 0 Å². The first-order valence-electron chi connectivity index (χ1n) is 6.48. The molecular formula is C13H28O4SSi. The minimum atomic E-state index is -3.40. The molecule has 0 bridgehead atoms. The Hall–Kier alpha value is -0.173. The standard InChI is InChI=1S/C13H28O4SSi/c1-8-9-12(10-16-18(5,14)15)11-17-19(6,7)13(2,3)4/h8,12H,1,9-11H2,2-7H3. The lowest BCUT2D eigenvalue weighted by molar-refractivity contribution is 0.172. The predicted octanol–water partition coefficient (Wildman–Crippen LogP) is 3.18. The van der Waals surface area contributed by atoms with Crippen LogP contribution < -0.4 is 0 Å². The molecule has 0 saturated carbocycles. The molecule has 6 heteroatoms. The maximum Gasteiger partial charge on any atom is 0.264 e. The third-order valence-electron chi connectivity index (χ3n) is 3.50. The Labute approximate surface area is 119 Å². The van der Waals surface area contributed by atoms with Crippen molar-refractivity contribution < 1.29 is 17.0 Å². The van der Waals surface area contributed by atoms with Crippen LogP contribution in [0.3, 0.4) is 0 Å². The first-order valence-corrected chi connectivity index (χ1v) is 11.2. The quantitative estimate of drug-likeness (QED) is 0.392. The zero-order chi connectivity index (χ0) is 15.3. The summed E-state index contributed by atoms with van der Waals surface area (Å²) in [5.41, 5.74) is 0. The summed E-state index contributed by atoms with van der Waals surface area (Å²) in [5, 5.41) is 0.142. The molecule has 0 aliphatic carbocycles. The van der Waals surface area contributed by atoms with Crippen LogP contribution in [-0.2, 0) is 18.7 Å². The van der Waals surface area contributed by atoms with Gasteiger partial charge in [0.05, 0.1) is 12.9 Å². The Morgan fingerprint density at radius 3 is 2.16 bits per heavy atom. The molecule has 0 aromatic heterocycles. The van der Waals surface area contributed by atoms with Gasteiger partial charge in [-0.15, -0.1) is 6.58 Å². The van der Waals surface area contributed by atoms with Gasteiger partial charge in [-0.2, -0.15) is 8.42 Å². The third kappa shape index (κ3) is 7.87. The van der Waals surface area contributed by atoms with Crippen LogP contribution in [0.4, 0.5) is 0 Å². The van der Waals surface area contributed by atoms with E-state index in [1.165, 1.54) is 0 Å². The molecular weight excluding hydrogens is 280 g/mol. The van der Waals surface area contributed by atoms with Crippen molar-refractivity contribution in [3.05, 3.63) is 12.7 Å². The van der Waals surface area contributed by atoms with Crippen LogP contribution >= 0.6 is 0 Å². The lowest BCUT2D eigenvalue weighted by Crippen LogP contribution is -2.42. The molecule has 0 amide bonds. The lowest BCUT2D eigenvalue weighted by Gasteiger charge is -2.37. The Morgan fingerprint density at radius 2 is 1.79 bits per heavy atom. The van der Waals surface area contributed by atoms with Crippen molar-refractivity contribution in [2.24, 2.45) is 5.92 Å². The van der Waals surface area contributed by atoms with E-state index in [0.717, 1.165) is 6.26 Å². The number of allylic oxidation sites excluding steroid dienone is 1. The summed E-state index contributed by atoms with van der Waals surface area (Å²) in [6.07, 6.45) is 3.52. The second kappa shape index (κ2) is 7.01. The second-order valence-electron chi connectivity index (χ2n) is 6.45. The highest BCUT2D eigenvalue weighted by atomic mass is 32.2. The molecule has 0 spiro atoms. The van der Waals surface area contributed by atoms with Gasteiger partial charge in [0, 0.05) is 12.5 Å². The van der Waals surface area contributed by atoms with Crippen molar-refractivity contribution in [3.8, 4) is 0 Å². The molecule has 0 aromatic carbocycles. The molecule has 0 saturated heterocycles. The molecule has 0 rings (SSSR count). The minimum absolute atomic E-state index is 0.0290.